The molecule has 2 aliphatic rings. The van der Waals surface area contributed by atoms with Crippen LogP contribution >= 0.6 is 23.1 Å². The number of carbonyl (C=O) groups excluding carboxylic acids is 4. The van der Waals surface area contributed by atoms with E-state index in [-0.39, 0.29) is 64.7 Å². The van der Waals surface area contributed by atoms with E-state index in [1.807, 2.05) is 0 Å². The topological polar surface area (TPSA) is 130 Å². The van der Waals surface area contributed by atoms with Crippen LogP contribution in [0, 0.1) is 0 Å². The minimum Gasteiger partial charge on any atom is -0.549 e. The van der Waals surface area contributed by atoms with Crippen molar-refractivity contribution in [2.45, 2.75) is 42.0 Å². The Morgan fingerprint density at radius 1 is 1.26 bits per heavy atom. The second-order valence-corrected chi connectivity index (χ2v) is 8.92. The van der Waals surface area contributed by atoms with E-state index in [1.54, 1.807) is 19.2 Å². The number of β-lactam (4-membered cyclic amide) rings is 1. The molecule has 3 rings (SSSR count). The summed E-state index contributed by atoms with van der Waals surface area (Å²) < 4.78 is -0.778. The van der Waals surface area contributed by atoms with Crippen molar-refractivity contribution >= 4 is 46.9 Å². The van der Waals surface area contributed by atoms with Gasteiger partial charge in [0.25, 0.3) is 0 Å². The molecule has 2 aliphatic heterocycles. The number of aliphatic carboxylic acids is 2. The van der Waals surface area contributed by atoms with E-state index in [2.05, 4.69) is 5.32 Å². The van der Waals surface area contributed by atoms with Crippen LogP contribution < -0.4 is 74.6 Å². The summed E-state index contributed by atoms with van der Waals surface area (Å²) in [5.74, 6) is -5.86. The van der Waals surface area contributed by atoms with E-state index >= 15 is 0 Å². The van der Waals surface area contributed by atoms with Crippen LogP contribution in [-0.4, -0.2) is 50.9 Å². The molecule has 1 unspecified atom stereocenters. The Bertz CT molecular complexity index is 757. The molecule has 1 aromatic rings. The average molecular weight is 431 g/mol. The molecule has 27 heavy (non-hydrogen) atoms. The molecule has 0 bridgehead atoms. The zero-order valence-corrected chi connectivity index (χ0v) is 20.9. The fourth-order valence-electron chi connectivity index (χ4n) is 3.20. The van der Waals surface area contributed by atoms with Gasteiger partial charge in [0.05, 0.1) is 18.0 Å². The zero-order chi connectivity index (χ0) is 18.5. The normalized spacial score (nSPS) is 25.9. The van der Waals surface area contributed by atoms with Crippen LogP contribution in [0.3, 0.4) is 0 Å². The van der Waals surface area contributed by atoms with E-state index in [4.69, 9.17) is 0 Å². The number of carboxylic acids is 2. The van der Waals surface area contributed by atoms with Gasteiger partial charge in [-0.3, -0.25) is 9.59 Å². The van der Waals surface area contributed by atoms with Crippen molar-refractivity contribution in [1.82, 2.24) is 10.2 Å². The SMILES string of the molecule is CC1(C)S[C@@H]2[C@H](N[13C](=O)[13CH](c3ccsc3)[13C](=O)[O-])C(=O)N2[C@H]1C(=O)[O-].[Na+].[Na+]. The average Bonchev–Trinajstić information content (AvgIpc) is 3.09. The Balaban J connectivity index is 0.00000182. The molecule has 12 heteroatoms. The van der Waals surface area contributed by atoms with Gasteiger partial charge in [-0.15, -0.1) is 11.8 Å². The molecule has 2 saturated heterocycles. The fraction of sp³-hybridized carbons (Fsp3) is 0.467. The Kier molecular flexibility index (Phi) is 8.48. The molecule has 0 radical (unpaired) electrons. The van der Waals surface area contributed by atoms with Gasteiger partial charge in [-0.1, -0.05) is 0 Å². The number of thioether (sulfide) groups is 1. The molecule has 0 spiro atoms. The number of hydrogen-bond donors (Lipinski definition) is 1. The van der Waals surface area contributed by atoms with Crippen molar-refractivity contribution in [3.8, 4) is 0 Å². The van der Waals surface area contributed by atoms with Crippen LogP contribution in [0.5, 0.6) is 0 Å². The van der Waals surface area contributed by atoms with Crippen LogP contribution in [0.4, 0.5) is 0 Å². The van der Waals surface area contributed by atoms with E-state index in [0.29, 0.717) is 0 Å². The van der Waals surface area contributed by atoms with Gasteiger partial charge in [0.1, 0.15) is 17.3 Å². The van der Waals surface area contributed by atoms with Crippen molar-refractivity contribution in [1.29, 1.82) is 0 Å². The van der Waals surface area contributed by atoms with Crippen molar-refractivity contribution in [2.75, 3.05) is 0 Å². The number of carbonyl (C=O) groups is 4. The molecule has 4 atom stereocenters. The van der Waals surface area contributed by atoms with Crippen molar-refractivity contribution in [2.24, 2.45) is 0 Å². The molecule has 3 heterocycles. The number of rotatable bonds is 5. The Morgan fingerprint density at radius 3 is 2.37 bits per heavy atom. The number of nitrogens with zero attached hydrogens (tertiary/aromatic N) is 1. The molecule has 1 N–H and O–H groups in total. The van der Waals surface area contributed by atoms with Gasteiger partial charge in [-0.05, 0) is 36.2 Å². The van der Waals surface area contributed by atoms with Gasteiger partial charge in [0.15, 0.2) is 0 Å². The number of carboxylic acid groups (broad SMARTS) is 2. The minimum absolute atomic E-state index is 0. The standard InChI is InChI=1S/C15H16N2O6S2.2Na/c1-15(2)9(14(22)23)17-11(19)8(12(17)25-15)16-10(18)7(13(20)21)6-3-4-24-5-6;;/h3-5,7-9,12H,1-2H3,(H,16,18)(H,20,21)(H,22,23);;/q;2*+1/p-2/t7?,8-,9+,12-;;/m1../s1/i7+1,10+1,13+1;;. The maximum Gasteiger partial charge on any atom is 1.00 e. The summed E-state index contributed by atoms with van der Waals surface area (Å²) in [6.45, 7) is 3.36. The first-order chi connectivity index (χ1) is 11.6. The molecule has 0 aliphatic carbocycles. The summed E-state index contributed by atoms with van der Waals surface area (Å²) in [4.78, 5) is 48.5. The summed E-state index contributed by atoms with van der Waals surface area (Å²) >= 11 is 2.47. The molecular weight excluding hydrogens is 417 g/mol. The predicted molar refractivity (Wildman–Crippen MR) is 85.1 cm³/mol. The third-order valence-corrected chi connectivity index (χ3v) is 6.61. The van der Waals surface area contributed by atoms with Gasteiger partial charge in [-0.2, -0.15) is 11.3 Å². The van der Waals surface area contributed by atoms with Gasteiger partial charge >= 0.3 is 59.1 Å². The third kappa shape index (κ3) is 4.42. The first-order valence-electron chi connectivity index (χ1n) is 7.39. The van der Waals surface area contributed by atoms with Crippen LogP contribution in [0.15, 0.2) is 16.8 Å². The summed E-state index contributed by atoms with van der Waals surface area (Å²) in [6.07, 6.45) is 0. The summed E-state index contributed by atoms with van der Waals surface area (Å²) in [7, 11) is 0. The Morgan fingerprint density at radius 2 is 1.89 bits per heavy atom. The predicted octanol–water partition coefficient (Wildman–Crippen LogP) is -8.11. The summed E-state index contributed by atoms with van der Waals surface area (Å²) in [6, 6.07) is -0.572. The molecule has 8 nitrogen and oxygen atoms in total. The number of nitrogens with one attached hydrogen (secondary N) is 1. The first kappa shape index (κ1) is 25.0. The molecule has 2 fully saturated rings. The molecule has 134 valence electrons. The fourth-order valence-corrected chi connectivity index (χ4v) is 5.50. The molecule has 0 aromatic carbocycles. The maximum atomic E-state index is 12.4. The smallest absolute Gasteiger partial charge is 0.549 e. The third-order valence-electron chi connectivity index (χ3n) is 4.34. The molecule has 2 amide bonds. The second kappa shape index (κ2) is 9.17. The molecular formula is C15H14N2Na2O6S2. The first-order valence-corrected chi connectivity index (χ1v) is 9.21. The second-order valence-electron chi connectivity index (χ2n) is 6.37. The van der Waals surface area contributed by atoms with Gasteiger partial charge < -0.3 is 30.0 Å². The number of thiophene rings is 1. The van der Waals surface area contributed by atoms with E-state index in [1.165, 1.54) is 39.4 Å². The van der Waals surface area contributed by atoms with Crippen LogP contribution in [0.2, 0.25) is 0 Å². The summed E-state index contributed by atoms with van der Waals surface area (Å²) in [5, 5.41) is 27.7. The molecule has 0 saturated carbocycles. The van der Waals surface area contributed by atoms with Crippen LogP contribution in [-0.2, 0) is 19.2 Å². The summed E-state index contributed by atoms with van der Waals surface area (Å²) in [5.41, 5.74) is 0.276. The Labute approximate surface area is 208 Å². The van der Waals surface area contributed by atoms with Crippen molar-refractivity contribution in [3.05, 3.63) is 22.4 Å². The van der Waals surface area contributed by atoms with Crippen LogP contribution in [0.25, 0.3) is 0 Å². The number of hydrogen-bond acceptors (Lipinski definition) is 8. The Hall–Kier alpha value is -0.0700. The number of fused-ring (bicyclic) bond motifs is 1. The quantitative estimate of drug-likeness (QED) is 0.212. The van der Waals surface area contributed by atoms with Gasteiger partial charge in [0, 0.05) is 4.75 Å². The maximum absolute atomic E-state index is 12.4. The van der Waals surface area contributed by atoms with E-state index in [9.17, 15) is 29.4 Å². The number of amides is 2. The van der Waals surface area contributed by atoms with Gasteiger partial charge in [-0.25, -0.2) is 0 Å². The zero-order valence-electron chi connectivity index (χ0n) is 15.3. The largest absolute Gasteiger partial charge is 1.00 e. The van der Waals surface area contributed by atoms with Gasteiger partial charge in [0.2, 0.25) is 11.8 Å². The van der Waals surface area contributed by atoms with Crippen LogP contribution in [0.1, 0.15) is 25.3 Å². The van der Waals surface area contributed by atoms with E-state index < -0.39 is 51.9 Å². The van der Waals surface area contributed by atoms with Crippen molar-refractivity contribution in [3.63, 3.8) is 0 Å². The monoisotopic (exact) mass is 431 g/mol. The molecule has 1 aromatic heterocycles. The minimum atomic E-state index is -1.56. The van der Waals surface area contributed by atoms with Crippen molar-refractivity contribution < 1.29 is 88.5 Å². The van der Waals surface area contributed by atoms with E-state index in [0.717, 1.165) is 0 Å².